The van der Waals surface area contributed by atoms with Gasteiger partial charge in [0.1, 0.15) is 18.1 Å². The Morgan fingerprint density at radius 2 is 1.86 bits per heavy atom. The summed E-state index contributed by atoms with van der Waals surface area (Å²) in [5.74, 6) is 0.0369. The number of ether oxygens (including phenoxy) is 1. The van der Waals surface area contributed by atoms with Gasteiger partial charge in [0, 0.05) is 17.4 Å². The Balaban J connectivity index is 1.57. The van der Waals surface area contributed by atoms with E-state index in [-0.39, 0.29) is 25.4 Å². The summed E-state index contributed by atoms with van der Waals surface area (Å²) in [7, 11) is 0. The fraction of sp³-hybridized carbons (Fsp3) is 0.250. The molecule has 0 saturated heterocycles. The molecule has 0 saturated carbocycles. The van der Waals surface area contributed by atoms with Crippen LogP contribution in [-0.4, -0.2) is 29.9 Å². The van der Waals surface area contributed by atoms with Crippen LogP contribution in [0.25, 0.3) is 10.8 Å². The molecule has 0 radical (unpaired) electrons. The number of Topliss-reactive ketones (excluding diaryl/α,β-unsaturated/α-hetero) is 1. The van der Waals surface area contributed by atoms with Crippen molar-refractivity contribution < 1.29 is 19.4 Å². The number of hydrogen-bond donors (Lipinski definition) is 1. The van der Waals surface area contributed by atoms with Gasteiger partial charge in [-0.2, -0.15) is 0 Å². The highest BCUT2D eigenvalue weighted by atomic mass is 16.5. The van der Waals surface area contributed by atoms with Gasteiger partial charge in [0.25, 0.3) is 5.91 Å². The van der Waals surface area contributed by atoms with Gasteiger partial charge in [-0.05, 0) is 31.4 Å². The van der Waals surface area contributed by atoms with Gasteiger partial charge < -0.3 is 14.7 Å². The third-order valence-corrected chi connectivity index (χ3v) is 5.31. The zero-order chi connectivity index (χ0) is 20.6. The highest BCUT2D eigenvalue weighted by Crippen LogP contribution is 2.42. The summed E-state index contributed by atoms with van der Waals surface area (Å²) in [5.41, 5.74) is 0.230. The monoisotopic (exact) mass is 389 g/mol. The van der Waals surface area contributed by atoms with Gasteiger partial charge in [0.05, 0.1) is 12.2 Å². The average Bonchev–Trinajstić information content (AvgIpc) is 2.89. The molecule has 3 aromatic carbocycles. The first-order chi connectivity index (χ1) is 13.9. The number of aliphatic hydroxyl groups is 1. The normalized spacial score (nSPS) is 18.2. The number of fused-ring (bicyclic) bond motifs is 2. The Kier molecular flexibility index (Phi) is 4.84. The number of hydrogen-bond acceptors (Lipinski definition) is 4. The lowest BCUT2D eigenvalue weighted by Crippen LogP contribution is -2.43. The SMILES string of the molecule is CC(=O)CC1(O)C(=O)N(CCOc2cccc3ccccc23)c2ccc(C)cc21. The van der Waals surface area contributed by atoms with Crippen LogP contribution in [0.1, 0.15) is 24.5 Å². The zero-order valence-corrected chi connectivity index (χ0v) is 16.5. The fourth-order valence-electron chi connectivity index (χ4n) is 3.99. The summed E-state index contributed by atoms with van der Waals surface area (Å²) in [6.45, 7) is 3.82. The number of carbonyl (C=O) groups excluding carboxylic acids is 2. The summed E-state index contributed by atoms with van der Waals surface area (Å²) in [4.78, 5) is 26.3. The zero-order valence-electron chi connectivity index (χ0n) is 16.5. The summed E-state index contributed by atoms with van der Waals surface area (Å²) < 4.78 is 5.98. The van der Waals surface area contributed by atoms with Crippen molar-refractivity contribution in [1.29, 1.82) is 0 Å². The first-order valence-electron chi connectivity index (χ1n) is 9.65. The average molecular weight is 389 g/mol. The molecule has 1 aliphatic rings. The topological polar surface area (TPSA) is 66.8 Å². The van der Waals surface area contributed by atoms with Crippen LogP contribution in [0.15, 0.2) is 60.7 Å². The largest absolute Gasteiger partial charge is 0.491 e. The molecule has 148 valence electrons. The van der Waals surface area contributed by atoms with E-state index in [1.54, 1.807) is 6.07 Å². The molecule has 0 fully saturated rings. The molecule has 1 atom stereocenters. The molecular formula is C24H23NO4. The number of aryl methyl sites for hydroxylation is 1. The van der Waals surface area contributed by atoms with Crippen molar-refractivity contribution in [2.24, 2.45) is 0 Å². The lowest BCUT2D eigenvalue weighted by molar-refractivity contribution is -0.141. The second-order valence-electron chi connectivity index (χ2n) is 7.54. The molecule has 1 amide bonds. The molecule has 1 unspecified atom stereocenters. The Labute approximate surface area is 169 Å². The summed E-state index contributed by atoms with van der Waals surface area (Å²) >= 11 is 0. The van der Waals surface area contributed by atoms with Gasteiger partial charge in [-0.25, -0.2) is 0 Å². The number of amides is 1. The van der Waals surface area contributed by atoms with Crippen molar-refractivity contribution in [3.8, 4) is 5.75 Å². The highest BCUT2D eigenvalue weighted by Gasteiger charge is 2.50. The number of carbonyl (C=O) groups is 2. The molecule has 29 heavy (non-hydrogen) atoms. The van der Waals surface area contributed by atoms with E-state index in [9.17, 15) is 14.7 Å². The van der Waals surface area contributed by atoms with Crippen LogP contribution in [0.5, 0.6) is 5.75 Å². The van der Waals surface area contributed by atoms with Gasteiger partial charge in [0.2, 0.25) is 0 Å². The predicted octanol–water partition coefficient (Wildman–Crippen LogP) is 3.74. The Morgan fingerprint density at radius 3 is 2.66 bits per heavy atom. The van der Waals surface area contributed by atoms with Crippen LogP contribution in [0.2, 0.25) is 0 Å². The van der Waals surface area contributed by atoms with Crippen LogP contribution < -0.4 is 9.64 Å². The van der Waals surface area contributed by atoms with Gasteiger partial charge in [-0.15, -0.1) is 0 Å². The number of anilines is 1. The molecule has 1 N–H and O–H groups in total. The summed E-state index contributed by atoms with van der Waals surface area (Å²) in [6.07, 6.45) is -0.233. The molecule has 5 heteroatoms. The van der Waals surface area contributed by atoms with Gasteiger partial charge in [0.15, 0.2) is 5.60 Å². The number of benzene rings is 3. The Morgan fingerprint density at radius 1 is 1.10 bits per heavy atom. The lowest BCUT2D eigenvalue weighted by atomic mass is 9.89. The quantitative estimate of drug-likeness (QED) is 0.697. The van der Waals surface area contributed by atoms with E-state index < -0.39 is 11.5 Å². The minimum atomic E-state index is -1.81. The van der Waals surface area contributed by atoms with Crippen molar-refractivity contribution in [2.45, 2.75) is 25.9 Å². The molecule has 0 aromatic heterocycles. The minimum absolute atomic E-state index is 0.233. The summed E-state index contributed by atoms with van der Waals surface area (Å²) in [6, 6.07) is 19.3. The lowest BCUT2D eigenvalue weighted by Gasteiger charge is -2.22. The third-order valence-electron chi connectivity index (χ3n) is 5.31. The second-order valence-corrected chi connectivity index (χ2v) is 7.54. The smallest absolute Gasteiger partial charge is 0.264 e. The van der Waals surface area contributed by atoms with Crippen molar-refractivity contribution in [3.05, 3.63) is 71.8 Å². The van der Waals surface area contributed by atoms with Crippen molar-refractivity contribution in [1.82, 2.24) is 0 Å². The van der Waals surface area contributed by atoms with Crippen LogP contribution in [0.4, 0.5) is 5.69 Å². The third kappa shape index (κ3) is 3.38. The molecule has 3 aromatic rings. The maximum absolute atomic E-state index is 13.1. The summed E-state index contributed by atoms with van der Waals surface area (Å²) in [5, 5.41) is 13.2. The standard InChI is InChI=1S/C24H23NO4/c1-16-10-11-21-20(14-16)24(28,15-17(2)26)23(27)25(21)12-13-29-22-9-5-7-18-6-3-4-8-19(18)22/h3-11,14,28H,12-13,15H2,1-2H3. The van der Waals surface area contributed by atoms with Gasteiger partial charge in [-0.1, -0.05) is 54.1 Å². The number of nitrogens with zero attached hydrogens (tertiary/aromatic N) is 1. The van der Waals surface area contributed by atoms with Crippen molar-refractivity contribution in [3.63, 3.8) is 0 Å². The molecule has 1 heterocycles. The molecule has 4 rings (SSSR count). The van der Waals surface area contributed by atoms with E-state index >= 15 is 0 Å². The maximum atomic E-state index is 13.1. The molecule has 0 aliphatic carbocycles. The van der Waals surface area contributed by atoms with E-state index in [0.29, 0.717) is 11.3 Å². The Bertz CT molecular complexity index is 1100. The van der Waals surface area contributed by atoms with Crippen LogP contribution in [0.3, 0.4) is 0 Å². The van der Waals surface area contributed by atoms with E-state index in [1.165, 1.54) is 11.8 Å². The molecule has 0 spiro atoms. The van der Waals surface area contributed by atoms with E-state index in [4.69, 9.17) is 4.74 Å². The molecular weight excluding hydrogens is 366 g/mol. The number of ketones is 1. The molecule has 5 nitrogen and oxygen atoms in total. The van der Waals surface area contributed by atoms with Crippen LogP contribution in [-0.2, 0) is 15.2 Å². The van der Waals surface area contributed by atoms with E-state index in [1.807, 2.05) is 61.5 Å². The first-order valence-corrected chi connectivity index (χ1v) is 9.65. The predicted molar refractivity (Wildman–Crippen MR) is 112 cm³/mol. The Hall–Kier alpha value is -3.18. The van der Waals surface area contributed by atoms with Gasteiger partial charge >= 0.3 is 0 Å². The van der Waals surface area contributed by atoms with Crippen LogP contribution in [0, 0.1) is 6.92 Å². The maximum Gasteiger partial charge on any atom is 0.264 e. The fourth-order valence-corrected chi connectivity index (χ4v) is 3.99. The van der Waals surface area contributed by atoms with Gasteiger partial charge in [-0.3, -0.25) is 9.59 Å². The van der Waals surface area contributed by atoms with E-state index in [0.717, 1.165) is 22.1 Å². The highest BCUT2D eigenvalue weighted by molar-refractivity contribution is 6.08. The molecule has 0 bridgehead atoms. The van der Waals surface area contributed by atoms with Crippen molar-refractivity contribution >= 4 is 28.2 Å². The van der Waals surface area contributed by atoms with Crippen LogP contribution >= 0.6 is 0 Å². The first kappa shape index (κ1) is 19.2. The number of rotatable bonds is 6. The van der Waals surface area contributed by atoms with Crippen molar-refractivity contribution in [2.75, 3.05) is 18.1 Å². The molecule has 1 aliphatic heterocycles. The second kappa shape index (κ2) is 7.33. The van der Waals surface area contributed by atoms with E-state index in [2.05, 4.69) is 0 Å². The minimum Gasteiger partial charge on any atom is -0.491 e.